The van der Waals surface area contributed by atoms with E-state index in [-0.39, 0.29) is 30.5 Å². The topological polar surface area (TPSA) is 123 Å². The molecule has 2 aromatic rings. The maximum Gasteiger partial charge on any atom is 0.282 e. The highest BCUT2D eigenvalue weighted by molar-refractivity contribution is 6.02. The summed E-state index contributed by atoms with van der Waals surface area (Å²) >= 11 is 0. The smallest absolute Gasteiger partial charge is 0.282 e. The summed E-state index contributed by atoms with van der Waals surface area (Å²) < 4.78 is 39.0. The van der Waals surface area contributed by atoms with Crippen molar-refractivity contribution in [2.75, 3.05) is 25.2 Å². The number of anilines is 1. The van der Waals surface area contributed by atoms with E-state index in [0.717, 1.165) is 0 Å². The Morgan fingerprint density at radius 1 is 1.40 bits per heavy atom. The van der Waals surface area contributed by atoms with Gasteiger partial charge in [0, 0.05) is 17.4 Å². The Morgan fingerprint density at radius 2 is 2.23 bits per heavy atom. The van der Waals surface area contributed by atoms with Crippen LogP contribution in [0.25, 0.3) is 0 Å². The average molecular weight is 413 g/mol. The second kappa shape index (κ2) is 7.68. The Bertz CT molecular complexity index is 1050. The van der Waals surface area contributed by atoms with Crippen molar-refractivity contribution in [2.24, 2.45) is 16.6 Å². The molecule has 4 rings (SSSR count). The Kier molecular flexibility index (Phi) is 5.05. The minimum Gasteiger partial charge on any atom is -0.465 e. The fourth-order valence-corrected chi connectivity index (χ4v) is 3.74. The number of nitrogens with one attached hydrogen (secondary N) is 1. The third kappa shape index (κ3) is 3.33. The van der Waals surface area contributed by atoms with Crippen molar-refractivity contribution >= 4 is 17.6 Å². The summed E-state index contributed by atoms with van der Waals surface area (Å²) in [4.78, 5) is 20.7. The number of nitrogens with two attached hydrogens (primary N) is 1. The van der Waals surface area contributed by atoms with Gasteiger partial charge in [0.25, 0.3) is 11.9 Å². The molecule has 0 bridgehead atoms. The number of carbonyl (C=O) groups excluding carboxylic acids is 1. The van der Waals surface area contributed by atoms with Crippen molar-refractivity contribution in [3.63, 3.8) is 0 Å². The second-order valence-corrected chi connectivity index (χ2v) is 6.99. The lowest BCUT2D eigenvalue weighted by atomic mass is 9.78. The molecule has 30 heavy (non-hydrogen) atoms. The van der Waals surface area contributed by atoms with Crippen LogP contribution in [0.2, 0.25) is 0 Å². The maximum atomic E-state index is 14.8. The zero-order valence-corrected chi connectivity index (χ0v) is 15.6. The summed E-state index contributed by atoms with van der Waals surface area (Å²) in [6.07, 6.45) is 0.475. The number of benzene rings is 1. The number of nitrogens with zero attached hydrogens (tertiary/aromatic N) is 3. The van der Waals surface area contributed by atoms with E-state index in [4.69, 9.17) is 20.5 Å². The van der Waals surface area contributed by atoms with Crippen LogP contribution in [0.3, 0.4) is 0 Å². The molecule has 1 saturated heterocycles. The molecular weight excluding hydrogens is 396 g/mol. The molecule has 8 nitrogen and oxygen atoms in total. The van der Waals surface area contributed by atoms with Crippen LogP contribution in [0.5, 0.6) is 0 Å². The van der Waals surface area contributed by atoms with Crippen molar-refractivity contribution in [1.29, 1.82) is 5.26 Å². The fourth-order valence-electron chi connectivity index (χ4n) is 3.74. The average Bonchev–Trinajstić information content (AvgIpc) is 3.13. The first-order valence-corrected chi connectivity index (χ1v) is 9.10. The summed E-state index contributed by atoms with van der Waals surface area (Å²) in [5.74, 6) is -1.70. The molecule has 1 amide bonds. The number of rotatable bonds is 4. The van der Waals surface area contributed by atoms with Crippen molar-refractivity contribution in [1.82, 2.24) is 4.98 Å². The highest BCUT2D eigenvalue weighted by atomic mass is 19.1. The monoisotopic (exact) mass is 413 g/mol. The summed E-state index contributed by atoms with van der Waals surface area (Å²) in [5, 5.41) is 11.5. The van der Waals surface area contributed by atoms with E-state index < -0.39 is 36.0 Å². The Balaban J connectivity index is 1.67. The largest absolute Gasteiger partial charge is 0.465 e. The van der Waals surface area contributed by atoms with E-state index in [1.165, 1.54) is 36.5 Å². The van der Waals surface area contributed by atoms with Crippen molar-refractivity contribution in [3.05, 3.63) is 59.2 Å². The van der Waals surface area contributed by atoms with E-state index in [1.54, 1.807) is 0 Å². The van der Waals surface area contributed by atoms with E-state index in [0.29, 0.717) is 11.3 Å². The van der Waals surface area contributed by atoms with E-state index in [1.807, 2.05) is 6.07 Å². The van der Waals surface area contributed by atoms with Crippen LogP contribution in [0.1, 0.15) is 21.6 Å². The number of amides is 1. The van der Waals surface area contributed by atoms with Gasteiger partial charge in [-0.3, -0.25) is 4.79 Å². The van der Waals surface area contributed by atoms with Crippen LogP contribution in [0.4, 0.5) is 14.5 Å². The highest BCUT2D eigenvalue weighted by Gasteiger charge is 2.55. The zero-order chi connectivity index (χ0) is 21.3. The Morgan fingerprint density at radius 3 is 2.93 bits per heavy atom. The first-order valence-electron chi connectivity index (χ1n) is 9.10. The van der Waals surface area contributed by atoms with Crippen LogP contribution in [0, 0.1) is 23.1 Å². The molecule has 0 saturated carbocycles. The quantitative estimate of drug-likeness (QED) is 0.789. The van der Waals surface area contributed by atoms with Crippen LogP contribution in [-0.2, 0) is 15.0 Å². The van der Waals surface area contributed by atoms with Crippen molar-refractivity contribution < 1.29 is 23.0 Å². The number of aliphatic imine (C=N–C) groups is 1. The lowest BCUT2D eigenvalue weighted by molar-refractivity contribution is 0.0528. The number of hydrogen-bond donors (Lipinski definition) is 2. The van der Waals surface area contributed by atoms with Crippen molar-refractivity contribution in [2.45, 2.75) is 11.6 Å². The van der Waals surface area contributed by atoms with Crippen LogP contribution < -0.4 is 11.1 Å². The number of fused-ring (bicyclic) bond motifs is 1. The van der Waals surface area contributed by atoms with Crippen LogP contribution >= 0.6 is 0 Å². The molecule has 1 fully saturated rings. The second-order valence-electron chi connectivity index (χ2n) is 6.99. The molecule has 1 aromatic carbocycles. The van der Waals surface area contributed by atoms with Gasteiger partial charge in [-0.2, -0.15) is 5.26 Å². The standard InChI is InChI=1S/C20H17F2N5O3/c21-6-17-14-9-29-19(24)27-20(14,10-30-17)13-5-12(2-3-15(13)22)26-18(28)16-4-1-11(7-23)8-25-16/h1-5,8,14,17H,6,9-10H2,(H2,24,27)(H,26,28)/t14?,17-,20?/m1/s1. The lowest BCUT2D eigenvalue weighted by Crippen LogP contribution is -2.45. The zero-order valence-electron chi connectivity index (χ0n) is 15.6. The van der Waals surface area contributed by atoms with Gasteiger partial charge in [-0.25, -0.2) is 18.8 Å². The van der Waals surface area contributed by atoms with Gasteiger partial charge in [0.1, 0.15) is 29.8 Å². The van der Waals surface area contributed by atoms with E-state index in [2.05, 4.69) is 15.3 Å². The third-order valence-corrected chi connectivity index (χ3v) is 5.27. The minimum atomic E-state index is -1.25. The van der Waals surface area contributed by atoms with E-state index >= 15 is 0 Å². The first kappa shape index (κ1) is 19.7. The Labute approximate surface area is 170 Å². The molecule has 1 aromatic heterocycles. The van der Waals surface area contributed by atoms with E-state index in [9.17, 15) is 13.6 Å². The molecule has 154 valence electrons. The molecule has 2 aliphatic rings. The molecule has 2 aliphatic heterocycles. The number of halogens is 2. The van der Waals surface area contributed by atoms with Gasteiger partial charge in [0.05, 0.1) is 30.8 Å². The first-order chi connectivity index (χ1) is 14.5. The number of nitriles is 1. The molecule has 2 unspecified atom stereocenters. The molecular formula is C20H17F2N5O3. The highest BCUT2D eigenvalue weighted by Crippen LogP contribution is 2.46. The molecule has 0 aliphatic carbocycles. The molecule has 0 spiro atoms. The molecule has 3 atom stereocenters. The summed E-state index contributed by atoms with van der Waals surface area (Å²) in [6, 6.07) is 8.66. The predicted molar refractivity (Wildman–Crippen MR) is 102 cm³/mol. The van der Waals surface area contributed by atoms with Gasteiger partial charge in [-0.1, -0.05) is 0 Å². The van der Waals surface area contributed by atoms with Gasteiger partial charge >= 0.3 is 0 Å². The number of amidine groups is 1. The van der Waals surface area contributed by atoms with Crippen molar-refractivity contribution in [3.8, 4) is 6.07 Å². The molecule has 0 radical (unpaired) electrons. The number of aromatic nitrogens is 1. The van der Waals surface area contributed by atoms with Gasteiger partial charge in [0.15, 0.2) is 0 Å². The number of pyridine rings is 1. The van der Waals surface area contributed by atoms with Gasteiger partial charge < -0.3 is 20.5 Å². The Hall–Kier alpha value is -3.58. The normalized spacial score (nSPS) is 24.9. The summed E-state index contributed by atoms with van der Waals surface area (Å²) in [7, 11) is 0. The molecule has 3 heterocycles. The summed E-state index contributed by atoms with van der Waals surface area (Å²) in [5.41, 5.74) is 5.29. The maximum absolute atomic E-state index is 14.8. The molecule has 3 N–H and O–H groups in total. The van der Waals surface area contributed by atoms with Gasteiger partial charge in [0.2, 0.25) is 0 Å². The minimum absolute atomic E-state index is 0.0368. The number of hydrogen-bond acceptors (Lipinski definition) is 7. The molecule has 10 heteroatoms. The SMILES string of the molecule is N#Cc1ccc(C(=O)Nc2ccc(F)c(C34CO[C@H](CF)C3COC(N)=N4)c2)nc1. The summed E-state index contributed by atoms with van der Waals surface area (Å²) in [6.45, 7) is -0.801. The predicted octanol–water partition coefficient (Wildman–Crippen LogP) is 1.87. The number of ether oxygens (including phenoxy) is 2. The third-order valence-electron chi connectivity index (χ3n) is 5.27. The number of carbonyl (C=O) groups is 1. The fraction of sp³-hybridized carbons (Fsp3) is 0.300. The van der Waals surface area contributed by atoms with Crippen LogP contribution in [0.15, 0.2) is 41.5 Å². The van der Waals surface area contributed by atoms with Crippen LogP contribution in [-0.4, -0.2) is 42.9 Å². The number of alkyl halides is 1. The van der Waals surface area contributed by atoms with Gasteiger partial charge in [-0.05, 0) is 30.3 Å². The lowest BCUT2D eigenvalue weighted by Gasteiger charge is -2.35. The van der Waals surface area contributed by atoms with Gasteiger partial charge in [-0.15, -0.1) is 0 Å².